The highest BCUT2D eigenvalue weighted by Gasteiger charge is 2.15. The summed E-state index contributed by atoms with van der Waals surface area (Å²) in [5.74, 6) is 1.86. The van der Waals surface area contributed by atoms with Gasteiger partial charge in [0, 0.05) is 31.0 Å². The van der Waals surface area contributed by atoms with Crippen LogP contribution in [0.1, 0.15) is 32.6 Å². The molecule has 1 saturated heterocycles. The zero-order valence-corrected chi connectivity index (χ0v) is 12.9. The van der Waals surface area contributed by atoms with Gasteiger partial charge in [-0.1, -0.05) is 6.92 Å². The number of nitrogens with one attached hydrogen (secondary N) is 2. The molecule has 1 aliphatic rings. The van der Waals surface area contributed by atoms with E-state index in [1.54, 1.807) is 0 Å². The van der Waals surface area contributed by atoms with E-state index in [1.165, 1.54) is 38.0 Å². The van der Waals surface area contributed by atoms with Gasteiger partial charge in [0.15, 0.2) is 0 Å². The first-order valence-corrected chi connectivity index (χ1v) is 7.90. The van der Waals surface area contributed by atoms with Crippen LogP contribution < -0.4 is 10.6 Å². The molecule has 2 N–H and O–H groups in total. The Morgan fingerprint density at radius 1 is 1.25 bits per heavy atom. The molecule has 1 aromatic rings. The number of hydrogen-bond acceptors (Lipinski definition) is 4. The molecule has 0 unspecified atom stereocenters. The minimum absolute atomic E-state index is 0.887. The Morgan fingerprint density at radius 2 is 2.05 bits per heavy atom. The lowest BCUT2D eigenvalue weighted by atomic mass is 9.94. The van der Waals surface area contributed by atoms with Gasteiger partial charge < -0.3 is 15.5 Å². The maximum Gasteiger partial charge on any atom is 0.127 e. The molecule has 2 rings (SSSR count). The summed E-state index contributed by atoms with van der Waals surface area (Å²) >= 11 is 0. The predicted molar refractivity (Wildman–Crippen MR) is 86.3 cm³/mol. The molecule has 0 amide bonds. The summed E-state index contributed by atoms with van der Waals surface area (Å²) in [6, 6.07) is 4.15. The number of rotatable bonds is 7. The Kier molecular flexibility index (Phi) is 6.12. The van der Waals surface area contributed by atoms with Crippen LogP contribution in [0.2, 0.25) is 0 Å². The molecule has 0 atom stereocenters. The maximum absolute atomic E-state index is 4.33. The standard InChI is InChI=1S/C16H28N4/c1-3-8-18-16-13-15(5-10-19-16)17-9-4-14-6-11-20(2)12-7-14/h5,10,13-14H,3-4,6-9,11-12H2,1-2H3,(H2,17,18,19). The van der Waals surface area contributed by atoms with Crippen molar-refractivity contribution in [2.75, 3.05) is 43.9 Å². The Labute approximate surface area is 123 Å². The van der Waals surface area contributed by atoms with E-state index in [0.717, 1.165) is 31.2 Å². The van der Waals surface area contributed by atoms with Gasteiger partial charge in [-0.15, -0.1) is 0 Å². The van der Waals surface area contributed by atoms with Crippen LogP contribution in [0.4, 0.5) is 11.5 Å². The van der Waals surface area contributed by atoms with Crippen LogP contribution in [0.15, 0.2) is 18.3 Å². The van der Waals surface area contributed by atoms with Gasteiger partial charge in [-0.2, -0.15) is 0 Å². The molecule has 0 bridgehead atoms. The van der Waals surface area contributed by atoms with E-state index in [1.807, 2.05) is 12.3 Å². The first kappa shape index (κ1) is 15.1. The van der Waals surface area contributed by atoms with Gasteiger partial charge in [-0.25, -0.2) is 4.98 Å². The molecule has 0 aliphatic carbocycles. The van der Waals surface area contributed by atoms with Crippen LogP contribution in [0.3, 0.4) is 0 Å². The molecular formula is C16H28N4. The van der Waals surface area contributed by atoms with Crippen LogP contribution >= 0.6 is 0 Å². The summed E-state index contributed by atoms with van der Waals surface area (Å²) in [6.07, 6.45) is 6.95. The zero-order valence-electron chi connectivity index (χ0n) is 12.9. The molecule has 0 radical (unpaired) electrons. The largest absolute Gasteiger partial charge is 0.385 e. The molecule has 1 aliphatic heterocycles. The SMILES string of the molecule is CCCNc1cc(NCCC2CCN(C)CC2)ccn1. The predicted octanol–water partition coefficient (Wildman–Crippen LogP) is 3.05. The fourth-order valence-electron chi connectivity index (χ4n) is 2.66. The second-order valence-corrected chi connectivity index (χ2v) is 5.82. The fourth-order valence-corrected chi connectivity index (χ4v) is 2.66. The second-order valence-electron chi connectivity index (χ2n) is 5.82. The Morgan fingerprint density at radius 3 is 2.80 bits per heavy atom. The molecule has 1 fully saturated rings. The number of aromatic nitrogens is 1. The average molecular weight is 276 g/mol. The first-order chi connectivity index (χ1) is 9.78. The third-order valence-corrected chi connectivity index (χ3v) is 4.04. The fraction of sp³-hybridized carbons (Fsp3) is 0.688. The quantitative estimate of drug-likeness (QED) is 0.803. The van der Waals surface area contributed by atoms with Crippen LogP contribution in [-0.2, 0) is 0 Å². The van der Waals surface area contributed by atoms with E-state index in [2.05, 4.69) is 40.6 Å². The van der Waals surface area contributed by atoms with Crippen molar-refractivity contribution in [2.24, 2.45) is 5.92 Å². The monoisotopic (exact) mass is 276 g/mol. The van der Waals surface area contributed by atoms with Gasteiger partial charge in [0.1, 0.15) is 5.82 Å². The van der Waals surface area contributed by atoms with E-state index in [9.17, 15) is 0 Å². The van der Waals surface area contributed by atoms with Crippen molar-refractivity contribution >= 4 is 11.5 Å². The number of pyridine rings is 1. The van der Waals surface area contributed by atoms with Gasteiger partial charge in [-0.05, 0) is 57.8 Å². The molecular weight excluding hydrogens is 248 g/mol. The van der Waals surface area contributed by atoms with Crippen LogP contribution in [0, 0.1) is 5.92 Å². The highest BCUT2D eigenvalue weighted by atomic mass is 15.1. The Bertz CT molecular complexity index is 386. The number of likely N-dealkylation sites (tertiary alicyclic amines) is 1. The highest BCUT2D eigenvalue weighted by molar-refractivity contribution is 5.51. The van der Waals surface area contributed by atoms with Gasteiger partial charge in [0.05, 0.1) is 0 Å². The van der Waals surface area contributed by atoms with E-state index < -0.39 is 0 Å². The molecule has 112 valence electrons. The lowest BCUT2D eigenvalue weighted by molar-refractivity contribution is 0.215. The average Bonchev–Trinajstić information content (AvgIpc) is 2.48. The van der Waals surface area contributed by atoms with Crippen molar-refractivity contribution in [3.63, 3.8) is 0 Å². The first-order valence-electron chi connectivity index (χ1n) is 7.90. The summed E-state index contributed by atoms with van der Waals surface area (Å²) < 4.78 is 0. The Hall–Kier alpha value is -1.29. The number of hydrogen-bond donors (Lipinski definition) is 2. The summed E-state index contributed by atoms with van der Waals surface area (Å²) in [5, 5.41) is 6.85. The minimum Gasteiger partial charge on any atom is -0.385 e. The van der Waals surface area contributed by atoms with Crippen LogP contribution in [0.5, 0.6) is 0 Å². The number of anilines is 2. The zero-order chi connectivity index (χ0) is 14.2. The van der Waals surface area contributed by atoms with Crippen molar-refractivity contribution in [3.8, 4) is 0 Å². The molecule has 0 spiro atoms. The van der Waals surface area contributed by atoms with Crippen molar-refractivity contribution in [1.29, 1.82) is 0 Å². The maximum atomic E-state index is 4.33. The summed E-state index contributed by atoms with van der Waals surface area (Å²) in [7, 11) is 2.22. The van der Waals surface area contributed by atoms with Gasteiger partial charge >= 0.3 is 0 Å². The van der Waals surface area contributed by atoms with Crippen LogP contribution in [-0.4, -0.2) is 43.1 Å². The molecule has 1 aromatic heterocycles. The highest BCUT2D eigenvalue weighted by Crippen LogP contribution is 2.20. The van der Waals surface area contributed by atoms with Crippen molar-refractivity contribution < 1.29 is 0 Å². The molecule has 4 heteroatoms. The number of nitrogens with zero attached hydrogens (tertiary/aromatic N) is 2. The number of piperidine rings is 1. The third-order valence-electron chi connectivity index (χ3n) is 4.04. The summed E-state index contributed by atoms with van der Waals surface area (Å²) in [5.41, 5.74) is 1.17. The van der Waals surface area contributed by atoms with E-state index in [-0.39, 0.29) is 0 Å². The smallest absolute Gasteiger partial charge is 0.127 e. The topological polar surface area (TPSA) is 40.2 Å². The summed E-state index contributed by atoms with van der Waals surface area (Å²) in [6.45, 7) is 6.71. The van der Waals surface area contributed by atoms with Crippen molar-refractivity contribution in [2.45, 2.75) is 32.6 Å². The molecule has 0 saturated carbocycles. The lowest BCUT2D eigenvalue weighted by Gasteiger charge is -2.29. The van der Waals surface area contributed by atoms with Crippen LogP contribution in [0.25, 0.3) is 0 Å². The van der Waals surface area contributed by atoms with E-state index in [0.29, 0.717) is 0 Å². The van der Waals surface area contributed by atoms with E-state index in [4.69, 9.17) is 0 Å². The van der Waals surface area contributed by atoms with Gasteiger partial charge in [-0.3, -0.25) is 0 Å². The van der Waals surface area contributed by atoms with E-state index >= 15 is 0 Å². The summed E-state index contributed by atoms with van der Waals surface area (Å²) in [4.78, 5) is 6.76. The molecule has 20 heavy (non-hydrogen) atoms. The Balaban J connectivity index is 1.70. The minimum atomic E-state index is 0.887. The van der Waals surface area contributed by atoms with Crippen molar-refractivity contribution in [1.82, 2.24) is 9.88 Å². The second kappa shape index (κ2) is 8.10. The molecule has 2 heterocycles. The molecule has 4 nitrogen and oxygen atoms in total. The van der Waals surface area contributed by atoms with Gasteiger partial charge in [0.25, 0.3) is 0 Å². The van der Waals surface area contributed by atoms with Crippen molar-refractivity contribution in [3.05, 3.63) is 18.3 Å². The third kappa shape index (κ3) is 5.00. The lowest BCUT2D eigenvalue weighted by Crippen LogP contribution is -2.30. The normalized spacial score (nSPS) is 17.1. The van der Waals surface area contributed by atoms with Gasteiger partial charge in [0.2, 0.25) is 0 Å². The molecule has 0 aromatic carbocycles.